The molecule has 0 atom stereocenters. The van der Waals surface area contributed by atoms with Gasteiger partial charge in [-0.1, -0.05) is 6.08 Å². The molecule has 5 heteroatoms. The Morgan fingerprint density at radius 3 is 3.15 bits per heavy atom. The zero-order valence-electron chi connectivity index (χ0n) is 7.38. The van der Waals surface area contributed by atoms with Crippen molar-refractivity contribution in [3.8, 4) is 0 Å². The fourth-order valence-corrected chi connectivity index (χ4v) is 1.08. The second-order valence-corrected chi connectivity index (χ2v) is 2.75. The van der Waals surface area contributed by atoms with Crippen molar-refractivity contribution in [2.24, 2.45) is 0 Å². The van der Waals surface area contributed by atoms with E-state index in [1.165, 1.54) is 4.90 Å². The minimum absolute atomic E-state index is 0.111. The number of urea groups is 1. The molecule has 13 heavy (non-hydrogen) atoms. The second-order valence-electron chi connectivity index (χ2n) is 2.75. The van der Waals surface area contributed by atoms with Gasteiger partial charge in [-0.15, -0.1) is 6.58 Å². The molecule has 0 unspecified atom stereocenters. The highest BCUT2D eigenvalue weighted by Crippen LogP contribution is 1.93. The standard InChI is InChI=1S/C8H13N3O2/c1-2-3-10-8(13)11-5-4-9-7(12)6-11/h2H,1,3-6H2,(H,9,12)(H,10,13). The van der Waals surface area contributed by atoms with Crippen LogP contribution in [-0.4, -0.2) is 43.0 Å². The molecule has 5 nitrogen and oxygen atoms in total. The maximum absolute atomic E-state index is 11.3. The first-order valence-corrected chi connectivity index (χ1v) is 4.14. The molecule has 0 bridgehead atoms. The van der Waals surface area contributed by atoms with Crippen LogP contribution in [0.3, 0.4) is 0 Å². The first-order chi connectivity index (χ1) is 6.24. The van der Waals surface area contributed by atoms with Gasteiger partial charge in [0.05, 0.1) is 0 Å². The highest BCUT2D eigenvalue weighted by atomic mass is 16.2. The normalized spacial score (nSPS) is 16.3. The summed E-state index contributed by atoms with van der Waals surface area (Å²) in [5, 5.41) is 5.25. The Morgan fingerprint density at radius 1 is 1.77 bits per heavy atom. The second kappa shape index (κ2) is 4.49. The minimum atomic E-state index is -0.213. The molecule has 0 spiro atoms. The zero-order valence-corrected chi connectivity index (χ0v) is 7.38. The van der Waals surface area contributed by atoms with Crippen LogP contribution in [0.2, 0.25) is 0 Å². The summed E-state index contributed by atoms with van der Waals surface area (Å²) >= 11 is 0. The van der Waals surface area contributed by atoms with Gasteiger partial charge in [0.1, 0.15) is 6.54 Å². The van der Waals surface area contributed by atoms with Gasteiger partial charge in [0.2, 0.25) is 5.91 Å². The summed E-state index contributed by atoms with van der Waals surface area (Å²) in [6, 6.07) is -0.213. The predicted molar refractivity (Wildman–Crippen MR) is 48.2 cm³/mol. The first-order valence-electron chi connectivity index (χ1n) is 4.14. The maximum Gasteiger partial charge on any atom is 0.318 e. The van der Waals surface area contributed by atoms with Gasteiger partial charge in [-0.2, -0.15) is 0 Å². The van der Waals surface area contributed by atoms with Crippen LogP contribution in [0.4, 0.5) is 4.79 Å². The number of rotatable bonds is 2. The highest BCUT2D eigenvalue weighted by molar-refractivity contribution is 5.85. The van der Waals surface area contributed by atoms with Gasteiger partial charge >= 0.3 is 6.03 Å². The van der Waals surface area contributed by atoms with Crippen LogP contribution in [0.1, 0.15) is 0 Å². The monoisotopic (exact) mass is 183 g/mol. The lowest BCUT2D eigenvalue weighted by molar-refractivity contribution is -0.123. The number of nitrogens with zero attached hydrogens (tertiary/aromatic N) is 1. The fourth-order valence-electron chi connectivity index (χ4n) is 1.08. The molecule has 0 aromatic heterocycles. The number of nitrogens with one attached hydrogen (secondary N) is 2. The van der Waals surface area contributed by atoms with Crippen molar-refractivity contribution in [2.75, 3.05) is 26.2 Å². The highest BCUT2D eigenvalue weighted by Gasteiger charge is 2.19. The molecule has 72 valence electrons. The molecule has 1 saturated heterocycles. The van der Waals surface area contributed by atoms with E-state index in [1.807, 2.05) is 0 Å². The molecule has 2 N–H and O–H groups in total. The van der Waals surface area contributed by atoms with Crippen molar-refractivity contribution >= 4 is 11.9 Å². The SMILES string of the molecule is C=CCNC(=O)N1CCNC(=O)C1. The Kier molecular flexibility index (Phi) is 3.31. The van der Waals surface area contributed by atoms with E-state index in [0.29, 0.717) is 19.6 Å². The van der Waals surface area contributed by atoms with E-state index in [0.717, 1.165) is 0 Å². The first kappa shape index (κ1) is 9.57. The third-order valence-electron chi connectivity index (χ3n) is 1.72. The van der Waals surface area contributed by atoms with Crippen molar-refractivity contribution in [1.82, 2.24) is 15.5 Å². The van der Waals surface area contributed by atoms with Crippen LogP contribution < -0.4 is 10.6 Å². The Labute approximate surface area is 76.8 Å². The third-order valence-corrected chi connectivity index (χ3v) is 1.72. The molecule has 0 radical (unpaired) electrons. The van der Waals surface area contributed by atoms with Gasteiger partial charge < -0.3 is 15.5 Å². The average Bonchev–Trinajstić information content (AvgIpc) is 2.14. The average molecular weight is 183 g/mol. The van der Waals surface area contributed by atoms with Crippen LogP contribution in [0.15, 0.2) is 12.7 Å². The molecule has 1 heterocycles. The van der Waals surface area contributed by atoms with E-state index in [-0.39, 0.29) is 18.5 Å². The fraction of sp³-hybridized carbons (Fsp3) is 0.500. The van der Waals surface area contributed by atoms with Crippen LogP contribution in [0.5, 0.6) is 0 Å². The molecule has 3 amide bonds. The van der Waals surface area contributed by atoms with E-state index in [9.17, 15) is 9.59 Å². The van der Waals surface area contributed by atoms with E-state index in [4.69, 9.17) is 0 Å². The van der Waals surface area contributed by atoms with Gasteiger partial charge in [-0.3, -0.25) is 4.79 Å². The summed E-state index contributed by atoms with van der Waals surface area (Å²) in [5.74, 6) is -0.111. The van der Waals surface area contributed by atoms with Gasteiger partial charge in [-0.25, -0.2) is 4.79 Å². The maximum atomic E-state index is 11.3. The zero-order chi connectivity index (χ0) is 9.68. The van der Waals surface area contributed by atoms with Crippen molar-refractivity contribution in [1.29, 1.82) is 0 Å². The summed E-state index contributed by atoms with van der Waals surface area (Å²) in [7, 11) is 0. The number of carbonyl (C=O) groups excluding carboxylic acids is 2. The van der Waals surface area contributed by atoms with E-state index >= 15 is 0 Å². The Bertz CT molecular complexity index is 227. The number of amides is 3. The van der Waals surface area contributed by atoms with Gasteiger partial charge in [0.25, 0.3) is 0 Å². The third kappa shape index (κ3) is 2.77. The quantitative estimate of drug-likeness (QED) is 0.557. The summed E-state index contributed by atoms with van der Waals surface area (Å²) < 4.78 is 0. The summed E-state index contributed by atoms with van der Waals surface area (Å²) in [6.45, 7) is 5.14. The molecule has 1 rings (SSSR count). The summed E-state index contributed by atoms with van der Waals surface area (Å²) in [6.07, 6.45) is 1.60. The minimum Gasteiger partial charge on any atom is -0.353 e. The van der Waals surface area contributed by atoms with E-state index < -0.39 is 0 Å². The largest absolute Gasteiger partial charge is 0.353 e. The molecule has 1 fully saturated rings. The number of piperazine rings is 1. The van der Waals surface area contributed by atoms with Crippen LogP contribution in [-0.2, 0) is 4.79 Å². The number of hydrogen-bond acceptors (Lipinski definition) is 2. The predicted octanol–water partition coefficient (Wildman–Crippen LogP) is -0.686. The smallest absolute Gasteiger partial charge is 0.318 e. The van der Waals surface area contributed by atoms with E-state index in [1.54, 1.807) is 6.08 Å². The molecule has 1 aliphatic heterocycles. The molecule has 1 aliphatic rings. The Balaban J connectivity index is 2.36. The van der Waals surface area contributed by atoms with Crippen LogP contribution in [0.25, 0.3) is 0 Å². The molecule has 0 aromatic carbocycles. The Hall–Kier alpha value is -1.52. The van der Waals surface area contributed by atoms with Crippen molar-refractivity contribution < 1.29 is 9.59 Å². The topological polar surface area (TPSA) is 61.4 Å². The van der Waals surface area contributed by atoms with Crippen molar-refractivity contribution in [3.63, 3.8) is 0 Å². The van der Waals surface area contributed by atoms with Crippen molar-refractivity contribution in [2.45, 2.75) is 0 Å². The summed E-state index contributed by atoms with van der Waals surface area (Å²) in [4.78, 5) is 23.7. The van der Waals surface area contributed by atoms with Crippen LogP contribution >= 0.6 is 0 Å². The Morgan fingerprint density at radius 2 is 2.54 bits per heavy atom. The number of hydrogen-bond donors (Lipinski definition) is 2. The molecular weight excluding hydrogens is 170 g/mol. The number of carbonyl (C=O) groups is 2. The lowest BCUT2D eigenvalue weighted by Crippen LogP contribution is -2.52. The molecule has 0 aromatic rings. The van der Waals surface area contributed by atoms with Gasteiger partial charge in [0.15, 0.2) is 0 Å². The lowest BCUT2D eigenvalue weighted by atomic mass is 10.4. The van der Waals surface area contributed by atoms with Gasteiger partial charge in [-0.05, 0) is 0 Å². The lowest BCUT2D eigenvalue weighted by Gasteiger charge is -2.26. The van der Waals surface area contributed by atoms with Gasteiger partial charge in [0, 0.05) is 19.6 Å². The van der Waals surface area contributed by atoms with Crippen molar-refractivity contribution in [3.05, 3.63) is 12.7 Å². The molecule has 0 saturated carbocycles. The van der Waals surface area contributed by atoms with Crippen LogP contribution in [0, 0.1) is 0 Å². The summed E-state index contributed by atoms with van der Waals surface area (Å²) in [5.41, 5.74) is 0. The van der Waals surface area contributed by atoms with E-state index in [2.05, 4.69) is 17.2 Å². The molecule has 0 aliphatic carbocycles. The molecular formula is C8H13N3O2.